The molecule has 2 heterocycles. The molecule has 1 aliphatic carbocycles. The Morgan fingerprint density at radius 2 is 1.86 bits per heavy atom. The maximum Gasteiger partial charge on any atom is 0.236 e. The Labute approximate surface area is 210 Å². The molecule has 0 spiro atoms. The summed E-state index contributed by atoms with van der Waals surface area (Å²) >= 11 is 0. The number of unbranched alkanes of at least 4 members (excludes halogenated alkanes) is 3. The zero-order valence-electron chi connectivity index (χ0n) is 20.8. The van der Waals surface area contributed by atoms with Gasteiger partial charge in [-0.3, -0.25) is 19.7 Å². The highest BCUT2D eigenvalue weighted by Gasteiger charge is 2.32. The summed E-state index contributed by atoms with van der Waals surface area (Å²) in [5, 5.41) is 3.02. The minimum absolute atomic E-state index is 0.0383. The van der Waals surface area contributed by atoms with Crippen LogP contribution in [0.3, 0.4) is 0 Å². The van der Waals surface area contributed by atoms with Gasteiger partial charge in [0.25, 0.3) is 0 Å². The van der Waals surface area contributed by atoms with E-state index in [4.69, 9.17) is 15.3 Å². The Balaban J connectivity index is 1.37. The first-order valence-corrected chi connectivity index (χ1v) is 14.6. The third-order valence-corrected chi connectivity index (χ3v) is 8.18. The van der Waals surface area contributed by atoms with Crippen LogP contribution in [0.15, 0.2) is 29.5 Å². The van der Waals surface area contributed by atoms with Gasteiger partial charge in [0.15, 0.2) is 5.96 Å². The van der Waals surface area contributed by atoms with Crippen LogP contribution >= 0.6 is 0 Å². The van der Waals surface area contributed by atoms with E-state index in [1.54, 1.807) is 12.4 Å². The Bertz CT molecular complexity index is 843. The average Bonchev–Trinajstić information content (AvgIpc) is 2.87. The smallest absolute Gasteiger partial charge is 0.236 e. The van der Waals surface area contributed by atoms with Crippen molar-refractivity contribution in [2.45, 2.75) is 63.8 Å². The van der Waals surface area contributed by atoms with Crippen molar-refractivity contribution < 1.29 is 18.0 Å². The monoisotopic (exact) mass is 510 g/mol. The molecule has 0 amide bonds. The van der Waals surface area contributed by atoms with Crippen molar-refractivity contribution in [3.8, 4) is 0 Å². The third-order valence-electron chi connectivity index (χ3n) is 6.42. The molecule has 11 heteroatoms. The number of nitrogens with two attached hydrogens (primary N) is 1. The van der Waals surface area contributed by atoms with E-state index in [0.717, 1.165) is 83.5 Å². The zero-order chi connectivity index (χ0) is 24.8. The molecule has 0 unspecified atom stereocenters. The number of sulfonamides is 1. The van der Waals surface area contributed by atoms with Crippen molar-refractivity contribution in [2.24, 2.45) is 10.7 Å². The van der Waals surface area contributed by atoms with Crippen LogP contribution in [0.2, 0.25) is 0 Å². The highest BCUT2D eigenvalue weighted by atomic mass is 32.2. The minimum atomic E-state index is -3.46. The van der Waals surface area contributed by atoms with Gasteiger partial charge < -0.3 is 15.8 Å². The molecule has 3 rings (SSSR count). The Hall–Kier alpha value is -1.79. The number of hydrogen-bond donors (Lipinski definition) is 2. The van der Waals surface area contributed by atoms with Crippen molar-refractivity contribution in [3.63, 3.8) is 0 Å². The number of nitrogens with one attached hydrogen (secondary N) is 1. The highest BCUT2D eigenvalue weighted by Crippen LogP contribution is 2.26. The van der Waals surface area contributed by atoms with E-state index in [1.165, 1.54) is 10.9 Å². The van der Waals surface area contributed by atoms with Crippen LogP contribution in [0.5, 0.6) is 0 Å². The fraction of sp³-hybridized carbons (Fsp3) is 0.750. The molecule has 0 aromatic carbocycles. The second-order valence-corrected chi connectivity index (χ2v) is 11.1. The van der Waals surface area contributed by atoms with E-state index in [9.17, 15) is 8.42 Å². The number of hydrogen-bond acceptors (Lipinski definition) is 7. The van der Waals surface area contributed by atoms with Gasteiger partial charge in [0.2, 0.25) is 10.0 Å². The Morgan fingerprint density at radius 3 is 2.60 bits per heavy atom. The topological polar surface area (TPSA) is 122 Å². The molecule has 1 aromatic heterocycles. The zero-order valence-corrected chi connectivity index (χ0v) is 21.6. The van der Waals surface area contributed by atoms with Crippen LogP contribution in [0.4, 0.5) is 5.69 Å². The maximum absolute atomic E-state index is 13.2. The molecule has 1 aliphatic heterocycles. The molecule has 2 fully saturated rings. The number of guanidine groups is 1. The van der Waals surface area contributed by atoms with E-state index in [1.807, 2.05) is 12.1 Å². The number of anilines is 1. The predicted molar refractivity (Wildman–Crippen MR) is 139 cm³/mol. The van der Waals surface area contributed by atoms with E-state index in [-0.39, 0.29) is 11.8 Å². The standard InChI is InChI=1S/C24H42N6O4S/c25-24(28-22-10-13-26-14-11-22)27-12-6-1-2-7-21-35(31,32)30(23-8-4-3-5-9-23)34-20-17-29-15-18-33-19-16-29/h10-11,13-14,23H,1-9,12,15-21H2,(H3,25,26,27,28). The molecule has 3 N–H and O–H groups in total. The number of pyridine rings is 1. The quantitative estimate of drug-likeness (QED) is 0.169. The number of aromatic nitrogens is 1. The largest absolute Gasteiger partial charge is 0.379 e. The van der Waals surface area contributed by atoms with Gasteiger partial charge in [-0.1, -0.05) is 36.6 Å². The van der Waals surface area contributed by atoms with Crippen LogP contribution < -0.4 is 11.1 Å². The molecule has 35 heavy (non-hydrogen) atoms. The molecule has 10 nitrogen and oxygen atoms in total. The van der Waals surface area contributed by atoms with Gasteiger partial charge in [-0.25, -0.2) is 8.42 Å². The first-order valence-electron chi connectivity index (χ1n) is 13.0. The minimum Gasteiger partial charge on any atom is -0.379 e. The fourth-order valence-corrected chi connectivity index (χ4v) is 6.10. The lowest BCUT2D eigenvalue weighted by atomic mass is 9.96. The van der Waals surface area contributed by atoms with Gasteiger partial charge >= 0.3 is 0 Å². The van der Waals surface area contributed by atoms with Crippen LogP contribution in [-0.2, 0) is 19.6 Å². The van der Waals surface area contributed by atoms with Crippen LogP contribution in [0, 0.1) is 0 Å². The molecular formula is C24H42N6O4S. The maximum atomic E-state index is 13.2. The number of nitrogens with zero attached hydrogens (tertiary/aromatic N) is 4. The second-order valence-electron chi connectivity index (χ2n) is 9.19. The molecule has 1 saturated carbocycles. The van der Waals surface area contributed by atoms with Gasteiger partial charge in [0, 0.05) is 44.3 Å². The normalized spacial score (nSPS) is 18.7. The molecule has 0 radical (unpaired) electrons. The van der Waals surface area contributed by atoms with Crippen LogP contribution in [0.25, 0.3) is 0 Å². The summed E-state index contributed by atoms with van der Waals surface area (Å²) in [5.41, 5.74) is 6.75. The summed E-state index contributed by atoms with van der Waals surface area (Å²) in [7, 11) is -3.46. The first-order chi connectivity index (χ1) is 17.0. The Morgan fingerprint density at radius 1 is 1.14 bits per heavy atom. The molecule has 1 saturated heterocycles. The van der Waals surface area contributed by atoms with Crippen molar-refractivity contribution in [3.05, 3.63) is 24.5 Å². The van der Waals surface area contributed by atoms with Gasteiger partial charge in [-0.15, -0.1) is 0 Å². The first kappa shape index (κ1) is 27.8. The molecule has 0 bridgehead atoms. The van der Waals surface area contributed by atoms with E-state index < -0.39 is 10.0 Å². The van der Waals surface area contributed by atoms with Crippen molar-refractivity contribution in [1.29, 1.82) is 0 Å². The van der Waals surface area contributed by atoms with E-state index in [2.05, 4.69) is 20.2 Å². The number of aliphatic imine (C=N–C) groups is 1. The summed E-state index contributed by atoms with van der Waals surface area (Å²) in [6.07, 6.45) is 11.6. The van der Waals surface area contributed by atoms with Crippen molar-refractivity contribution in [2.75, 3.05) is 57.1 Å². The summed E-state index contributed by atoms with van der Waals surface area (Å²) in [6.45, 7) is 4.91. The number of ether oxygens (including phenoxy) is 1. The van der Waals surface area contributed by atoms with Gasteiger partial charge in [0.1, 0.15) is 0 Å². The van der Waals surface area contributed by atoms with Crippen LogP contribution in [-0.4, -0.2) is 86.5 Å². The van der Waals surface area contributed by atoms with E-state index in [0.29, 0.717) is 25.5 Å². The lowest BCUT2D eigenvalue weighted by Gasteiger charge is -2.33. The summed E-state index contributed by atoms with van der Waals surface area (Å²) < 4.78 is 33.1. The number of rotatable bonds is 14. The molecule has 198 valence electrons. The van der Waals surface area contributed by atoms with Gasteiger partial charge in [-0.05, 0) is 37.8 Å². The molecular weight excluding hydrogens is 468 g/mol. The van der Waals surface area contributed by atoms with E-state index >= 15 is 0 Å². The predicted octanol–water partition coefficient (Wildman–Crippen LogP) is 2.60. The number of morpholine rings is 1. The second kappa shape index (κ2) is 15.4. The fourth-order valence-electron chi connectivity index (χ4n) is 4.45. The lowest BCUT2D eigenvalue weighted by molar-refractivity contribution is -0.126. The molecule has 2 aliphatic rings. The van der Waals surface area contributed by atoms with Gasteiger partial charge in [-0.2, -0.15) is 0 Å². The third kappa shape index (κ3) is 10.4. The summed E-state index contributed by atoms with van der Waals surface area (Å²) in [5.74, 6) is 0.493. The van der Waals surface area contributed by atoms with Crippen molar-refractivity contribution in [1.82, 2.24) is 14.4 Å². The van der Waals surface area contributed by atoms with Crippen LogP contribution in [0.1, 0.15) is 57.8 Å². The highest BCUT2D eigenvalue weighted by molar-refractivity contribution is 7.88. The Kier molecular flexibility index (Phi) is 12.2. The molecule has 1 aromatic rings. The average molecular weight is 511 g/mol. The number of hydroxylamine groups is 1. The molecule has 0 atom stereocenters. The van der Waals surface area contributed by atoms with Crippen molar-refractivity contribution >= 4 is 21.7 Å². The lowest BCUT2D eigenvalue weighted by Crippen LogP contribution is -2.45. The summed E-state index contributed by atoms with van der Waals surface area (Å²) in [4.78, 5) is 16.5. The van der Waals surface area contributed by atoms with Gasteiger partial charge in [0.05, 0.1) is 31.6 Å². The SMILES string of the molecule is NC(=NCCCCCCS(=O)(=O)N(OCCN1CCOCC1)C1CCCCC1)Nc1ccncc1. The summed E-state index contributed by atoms with van der Waals surface area (Å²) in [6, 6.07) is 3.61.